The largest absolute Gasteiger partial charge is 0.356 e. The van der Waals surface area contributed by atoms with Crippen LogP contribution in [0.1, 0.15) is 23.5 Å². The Balaban J connectivity index is 1.59. The van der Waals surface area contributed by atoms with Gasteiger partial charge in [0.15, 0.2) is 0 Å². The minimum absolute atomic E-state index is 0.00733. The lowest BCUT2D eigenvalue weighted by Gasteiger charge is -2.17. The Labute approximate surface area is 156 Å². The van der Waals surface area contributed by atoms with E-state index in [0.29, 0.717) is 24.5 Å². The highest BCUT2D eigenvalue weighted by molar-refractivity contribution is 6.30. The monoisotopic (exact) mass is 370 g/mol. The van der Waals surface area contributed by atoms with E-state index in [1.807, 2.05) is 36.4 Å². The molecule has 0 spiro atoms. The van der Waals surface area contributed by atoms with Crippen molar-refractivity contribution in [3.8, 4) is 0 Å². The Morgan fingerprint density at radius 3 is 2.62 bits per heavy atom. The number of aromatic nitrogens is 5. The zero-order valence-electron chi connectivity index (χ0n) is 14.1. The minimum Gasteiger partial charge on any atom is -0.356 e. The predicted molar refractivity (Wildman–Crippen MR) is 97.6 cm³/mol. The molecule has 0 aliphatic heterocycles. The van der Waals surface area contributed by atoms with Crippen molar-refractivity contribution in [3.05, 3.63) is 71.3 Å². The number of carbonyl (C=O) groups is 1. The molecule has 0 aliphatic rings. The zero-order chi connectivity index (χ0) is 18.2. The first-order valence-corrected chi connectivity index (χ1v) is 8.70. The molecule has 1 aromatic carbocycles. The molecular weight excluding hydrogens is 352 g/mol. The molecule has 0 bridgehead atoms. The van der Waals surface area contributed by atoms with Crippen molar-refractivity contribution in [1.82, 2.24) is 30.5 Å². The van der Waals surface area contributed by atoms with Gasteiger partial charge in [0, 0.05) is 36.3 Å². The number of nitrogens with one attached hydrogen (secondary N) is 1. The molecule has 7 nitrogen and oxygen atoms in total. The molecule has 8 heteroatoms. The van der Waals surface area contributed by atoms with Gasteiger partial charge in [0.05, 0.1) is 6.54 Å². The van der Waals surface area contributed by atoms with Crippen LogP contribution in [0, 0.1) is 0 Å². The number of nitrogens with zero attached hydrogens (tertiary/aromatic N) is 5. The van der Waals surface area contributed by atoms with Gasteiger partial charge in [-0.2, -0.15) is 0 Å². The predicted octanol–water partition coefficient (Wildman–Crippen LogP) is 2.25. The fourth-order valence-corrected chi connectivity index (χ4v) is 2.83. The highest BCUT2D eigenvalue weighted by Gasteiger charge is 2.17. The van der Waals surface area contributed by atoms with Crippen LogP contribution in [0.3, 0.4) is 0 Å². The summed E-state index contributed by atoms with van der Waals surface area (Å²) in [6, 6.07) is 11.4. The summed E-state index contributed by atoms with van der Waals surface area (Å²) >= 11 is 5.97. The molecule has 0 saturated heterocycles. The van der Waals surface area contributed by atoms with Gasteiger partial charge in [-0.3, -0.25) is 9.78 Å². The number of amides is 1. The molecule has 0 unspecified atom stereocenters. The van der Waals surface area contributed by atoms with Gasteiger partial charge in [-0.25, -0.2) is 4.68 Å². The van der Waals surface area contributed by atoms with Crippen LogP contribution in [0.4, 0.5) is 0 Å². The Morgan fingerprint density at radius 2 is 1.92 bits per heavy atom. The fraction of sp³-hybridized carbons (Fsp3) is 0.278. The molecule has 1 amide bonds. The first-order chi connectivity index (χ1) is 12.7. The van der Waals surface area contributed by atoms with Crippen LogP contribution >= 0.6 is 11.6 Å². The number of tetrazole rings is 1. The maximum absolute atomic E-state index is 12.4. The molecule has 3 rings (SSSR count). The summed E-state index contributed by atoms with van der Waals surface area (Å²) in [5.41, 5.74) is 2.16. The van der Waals surface area contributed by atoms with Gasteiger partial charge in [0.1, 0.15) is 6.33 Å². The van der Waals surface area contributed by atoms with E-state index >= 15 is 0 Å². The van der Waals surface area contributed by atoms with E-state index in [1.165, 1.54) is 0 Å². The van der Waals surface area contributed by atoms with Crippen molar-refractivity contribution < 1.29 is 4.79 Å². The van der Waals surface area contributed by atoms with Crippen molar-refractivity contribution in [2.24, 2.45) is 0 Å². The lowest BCUT2D eigenvalue weighted by molar-refractivity contribution is -0.121. The van der Waals surface area contributed by atoms with Crippen LogP contribution < -0.4 is 5.32 Å². The van der Waals surface area contributed by atoms with Crippen LogP contribution in [0.5, 0.6) is 0 Å². The van der Waals surface area contributed by atoms with E-state index in [4.69, 9.17) is 11.6 Å². The standard InChI is InChI=1S/C18H19ClN6O/c19-17-3-1-15(2-4-17)16(12-25-13-22-23-24-25)11-18(26)21-10-7-14-5-8-20-9-6-14/h1-6,8-9,13,16H,7,10-12H2,(H,21,26)/t16-/m1/s1. The van der Waals surface area contributed by atoms with Crippen LogP contribution in [0.15, 0.2) is 55.1 Å². The Bertz CT molecular complexity index is 807. The Kier molecular flexibility index (Phi) is 6.27. The summed E-state index contributed by atoms with van der Waals surface area (Å²) in [7, 11) is 0. The summed E-state index contributed by atoms with van der Waals surface area (Å²) in [6.45, 7) is 1.10. The molecule has 0 fully saturated rings. The summed E-state index contributed by atoms with van der Waals surface area (Å²) in [5, 5.41) is 14.8. The summed E-state index contributed by atoms with van der Waals surface area (Å²) in [4.78, 5) is 16.4. The van der Waals surface area contributed by atoms with Gasteiger partial charge in [-0.1, -0.05) is 23.7 Å². The maximum Gasteiger partial charge on any atom is 0.220 e. The van der Waals surface area contributed by atoms with E-state index < -0.39 is 0 Å². The highest BCUT2D eigenvalue weighted by Crippen LogP contribution is 2.23. The van der Waals surface area contributed by atoms with E-state index in [2.05, 4.69) is 25.8 Å². The van der Waals surface area contributed by atoms with Crippen molar-refractivity contribution in [2.75, 3.05) is 6.54 Å². The molecule has 0 aliphatic carbocycles. The second kappa shape index (κ2) is 9.05. The summed E-state index contributed by atoms with van der Waals surface area (Å²) in [6.07, 6.45) is 6.16. The summed E-state index contributed by atoms with van der Waals surface area (Å²) in [5.74, 6) is -0.0521. The van der Waals surface area contributed by atoms with Crippen molar-refractivity contribution >= 4 is 17.5 Å². The number of carbonyl (C=O) groups excluding carboxylic acids is 1. The highest BCUT2D eigenvalue weighted by atomic mass is 35.5. The van der Waals surface area contributed by atoms with Crippen LogP contribution in [-0.2, 0) is 17.8 Å². The Morgan fingerprint density at radius 1 is 1.15 bits per heavy atom. The van der Waals surface area contributed by atoms with Gasteiger partial charge in [-0.15, -0.1) is 5.10 Å². The van der Waals surface area contributed by atoms with Gasteiger partial charge >= 0.3 is 0 Å². The third-order valence-corrected chi connectivity index (χ3v) is 4.31. The van der Waals surface area contributed by atoms with Gasteiger partial charge in [-0.05, 0) is 52.2 Å². The molecule has 2 heterocycles. The molecule has 0 saturated carbocycles. The van der Waals surface area contributed by atoms with Crippen molar-refractivity contribution in [1.29, 1.82) is 0 Å². The molecule has 134 valence electrons. The van der Waals surface area contributed by atoms with E-state index in [9.17, 15) is 4.79 Å². The first-order valence-electron chi connectivity index (χ1n) is 8.32. The molecule has 26 heavy (non-hydrogen) atoms. The van der Waals surface area contributed by atoms with Gasteiger partial charge in [0.25, 0.3) is 0 Å². The number of hydrogen-bond donors (Lipinski definition) is 1. The first kappa shape index (κ1) is 18.0. The second-order valence-corrected chi connectivity index (χ2v) is 6.38. The van der Waals surface area contributed by atoms with Crippen LogP contribution in [0.25, 0.3) is 0 Å². The van der Waals surface area contributed by atoms with Gasteiger partial charge in [0.2, 0.25) is 5.91 Å². The fourth-order valence-electron chi connectivity index (χ4n) is 2.70. The summed E-state index contributed by atoms with van der Waals surface area (Å²) < 4.78 is 1.63. The SMILES string of the molecule is O=C(C[C@H](Cn1cnnn1)c1ccc(Cl)cc1)NCCc1ccncc1. The average molecular weight is 371 g/mol. The number of halogens is 1. The maximum atomic E-state index is 12.4. The third-order valence-electron chi connectivity index (χ3n) is 4.06. The number of pyridine rings is 1. The lowest BCUT2D eigenvalue weighted by atomic mass is 9.95. The quantitative estimate of drug-likeness (QED) is 0.657. The number of hydrogen-bond acceptors (Lipinski definition) is 5. The Hall–Kier alpha value is -2.80. The number of rotatable bonds is 8. The van der Waals surface area contributed by atoms with E-state index in [-0.39, 0.29) is 11.8 Å². The number of benzene rings is 1. The van der Waals surface area contributed by atoms with Gasteiger partial charge < -0.3 is 5.32 Å². The molecule has 2 aromatic heterocycles. The third kappa shape index (κ3) is 5.35. The average Bonchev–Trinajstić information content (AvgIpc) is 3.16. The molecule has 3 aromatic rings. The topological polar surface area (TPSA) is 85.6 Å². The van der Waals surface area contributed by atoms with Crippen LogP contribution in [0.2, 0.25) is 5.02 Å². The molecular formula is C18H19ClN6O. The van der Waals surface area contributed by atoms with E-state index in [1.54, 1.807) is 23.4 Å². The van der Waals surface area contributed by atoms with Crippen molar-refractivity contribution in [2.45, 2.75) is 25.3 Å². The van der Waals surface area contributed by atoms with Crippen LogP contribution in [-0.4, -0.2) is 37.6 Å². The normalized spacial score (nSPS) is 11.9. The zero-order valence-corrected chi connectivity index (χ0v) is 14.9. The molecule has 1 atom stereocenters. The second-order valence-electron chi connectivity index (χ2n) is 5.94. The minimum atomic E-state index is -0.0447. The smallest absolute Gasteiger partial charge is 0.220 e. The van der Waals surface area contributed by atoms with E-state index in [0.717, 1.165) is 17.5 Å². The molecule has 0 radical (unpaired) electrons. The van der Waals surface area contributed by atoms with Crippen molar-refractivity contribution in [3.63, 3.8) is 0 Å². The molecule has 1 N–H and O–H groups in total. The lowest BCUT2D eigenvalue weighted by Crippen LogP contribution is -2.28.